The van der Waals surface area contributed by atoms with Gasteiger partial charge in [0.1, 0.15) is 11.9 Å². The van der Waals surface area contributed by atoms with E-state index in [4.69, 9.17) is 5.26 Å². The van der Waals surface area contributed by atoms with Crippen LogP contribution in [0.4, 0.5) is 5.82 Å². The van der Waals surface area contributed by atoms with E-state index in [0.717, 1.165) is 6.42 Å². The number of nitriles is 1. The van der Waals surface area contributed by atoms with Crippen molar-refractivity contribution in [3.63, 3.8) is 0 Å². The molecule has 0 unspecified atom stereocenters. The molecule has 0 bridgehead atoms. The van der Waals surface area contributed by atoms with Gasteiger partial charge in [-0.15, -0.1) is 0 Å². The number of carbonyl (C=O) groups excluding carboxylic acids is 1. The Hall–Kier alpha value is -1.89. The Morgan fingerprint density at radius 2 is 2.33 bits per heavy atom. The van der Waals surface area contributed by atoms with Crippen molar-refractivity contribution in [2.75, 3.05) is 11.9 Å². The normalized spacial score (nSPS) is 9.40. The highest BCUT2D eigenvalue weighted by molar-refractivity contribution is 5.91. The Kier molecular flexibility index (Phi) is 3.81. The van der Waals surface area contributed by atoms with Crippen LogP contribution in [0.5, 0.6) is 0 Å². The molecule has 0 atom stereocenters. The lowest BCUT2D eigenvalue weighted by Gasteiger charge is -2.15. The molecule has 0 spiro atoms. The van der Waals surface area contributed by atoms with E-state index < -0.39 is 0 Å². The molecule has 0 saturated carbocycles. The van der Waals surface area contributed by atoms with E-state index in [1.165, 1.54) is 11.1 Å². The summed E-state index contributed by atoms with van der Waals surface area (Å²) in [6, 6.07) is 5.31. The van der Waals surface area contributed by atoms with Crippen molar-refractivity contribution in [2.24, 2.45) is 0 Å². The Morgan fingerprint density at radius 3 is 2.80 bits per heavy atom. The molecule has 0 fully saturated rings. The minimum atomic E-state index is 0.0368. The van der Waals surface area contributed by atoms with Gasteiger partial charge in [-0.2, -0.15) is 5.26 Å². The molecule has 1 heterocycles. The second kappa shape index (κ2) is 5.11. The zero-order valence-electron chi connectivity index (χ0n) is 8.90. The smallest absolute Gasteiger partial charge is 0.227 e. The zero-order chi connectivity index (χ0) is 11.3. The first-order chi connectivity index (χ1) is 7.19. The van der Waals surface area contributed by atoms with Crippen LogP contribution in [0.15, 0.2) is 18.3 Å². The van der Waals surface area contributed by atoms with Crippen LogP contribution in [0, 0.1) is 11.3 Å². The van der Waals surface area contributed by atoms with Crippen LogP contribution in [0.3, 0.4) is 0 Å². The molecule has 0 aromatic carbocycles. The molecule has 4 heteroatoms. The highest BCUT2D eigenvalue weighted by Gasteiger charge is 2.10. The Labute approximate surface area is 89.2 Å². The van der Waals surface area contributed by atoms with Gasteiger partial charge in [0.25, 0.3) is 0 Å². The average Bonchev–Trinajstić information content (AvgIpc) is 2.28. The molecule has 0 saturated heterocycles. The summed E-state index contributed by atoms with van der Waals surface area (Å²) in [5, 5.41) is 8.59. The van der Waals surface area contributed by atoms with Crippen molar-refractivity contribution < 1.29 is 4.79 Å². The first kappa shape index (κ1) is 11.2. The lowest BCUT2D eigenvalue weighted by atomic mass is 10.3. The summed E-state index contributed by atoms with van der Waals surface area (Å²) in [5.74, 6) is 0.613. The molecule has 0 aliphatic heterocycles. The summed E-state index contributed by atoms with van der Waals surface area (Å²) in [7, 11) is 1.69. The van der Waals surface area contributed by atoms with Crippen LogP contribution < -0.4 is 4.90 Å². The maximum absolute atomic E-state index is 11.5. The van der Waals surface area contributed by atoms with Crippen molar-refractivity contribution in [2.45, 2.75) is 19.8 Å². The topological polar surface area (TPSA) is 57.0 Å². The summed E-state index contributed by atoms with van der Waals surface area (Å²) >= 11 is 0. The van der Waals surface area contributed by atoms with Crippen molar-refractivity contribution >= 4 is 11.7 Å². The minimum absolute atomic E-state index is 0.0368. The van der Waals surface area contributed by atoms with Gasteiger partial charge in [0, 0.05) is 19.7 Å². The second-order valence-electron chi connectivity index (χ2n) is 3.22. The standard InChI is InChI=1S/C11H13N3O/c1-3-4-11(15)14(2)10-6-5-9(7-12)8-13-10/h5-6,8H,3-4H2,1-2H3. The number of anilines is 1. The molecule has 0 N–H and O–H groups in total. The Balaban J connectivity index is 2.79. The van der Waals surface area contributed by atoms with E-state index in [1.807, 2.05) is 13.0 Å². The maximum Gasteiger partial charge on any atom is 0.227 e. The fraction of sp³-hybridized carbons (Fsp3) is 0.364. The molecule has 1 rings (SSSR count). The molecule has 1 aromatic heterocycles. The third-order valence-electron chi connectivity index (χ3n) is 2.06. The highest BCUT2D eigenvalue weighted by Crippen LogP contribution is 2.10. The van der Waals surface area contributed by atoms with Gasteiger partial charge in [0.15, 0.2) is 0 Å². The quantitative estimate of drug-likeness (QED) is 0.751. The average molecular weight is 203 g/mol. The fourth-order valence-electron chi connectivity index (χ4n) is 1.16. The van der Waals surface area contributed by atoms with E-state index >= 15 is 0 Å². The summed E-state index contributed by atoms with van der Waals surface area (Å²) in [5.41, 5.74) is 0.495. The number of hydrogen-bond donors (Lipinski definition) is 0. The van der Waals surface area contributed by atoms with Gasteiger partial charge in [-0.3, -0.25) is 9.69 Å². The van der Waals surface area contributed by atoms with Gasteiger partial charge >= 0.3 is 0 Å². The predicted molar refractivity (Wildman–Crippen MR) is 57.3 cm³/mol. The number of hydrogen-bond acceptors (Lipinski definition) is 3. The first-order valence-electron chi connectivity index (χ1n) is 4.81. The van der Waals surface area contributed by atoms with Crippen molar-refractivity contribution in [3.8, 4) is 6.07 Å². The molecular formula is C11H13N3O. The van der Waals surface area contributed by atoms with E-state index in [9.17, 15) is 4.79 Å². The Morgan fingerprint density at radius 1 is 1.60 bits per heavy atom. The summed E-state index contributed by atoms with van der Waals surface area (Å²) in [6.07, 6.45) is 2.79. The largest absolute Gasteiger partial charge is 0.300 e. The number of rotatable bonds is 3. The second-order valence-corrected chi connectivity index (χ2v) is 3.22. The SMILES string of the molecule is CCCC(=O)N(C)c1ccc(C#N)cn1. The van der Waals surface area contributed by atoms with E-state index in [0.29, 0.717) is 17.8 Å². The molecule has 15 heavy (non-hydrogen) atoms. The molecule has 1 aromatic rings. The van der Waals surface area contributed by atoms with Crippen LogP contribution in [-0.4, -0.2) is 17.9 Å². The third kappa shape index (κ3) is 2.78. The van der Waals surface area contributed by atoms with Gasteiger partial charge < -0.3 is 0 Å². The van der Waals surface area contributed by atoms with Gasteiger partial charge in [-0.05, 0) is 18.6 Å². The number of amides is 1. The highest BCUT2D eigenvalue weighted by atomic mass is 16.2. The van der Waals surface area contributed by atoms with Crippen molar-refractivity contribution in [1.82, 2.24) is 4.98 Å². The molecule has 4 nitrogen and oxygen atoms in total. The fourth-order valence-corrected chi connectivity index (χ4v) is 1.16. The van der Waals surface area contributed by atoms with Gasteiger partial charge in [-0.1, -0.05) is 6.92 Å². The monoisotopic (exact) mass is 203 g/mol. The molecule has 1 amide bonds. The van der Waals surface area contributed by atoms with E-state index in [1.54, 1.807) is 19.2 Å². The predicted octanol–water partition coefficient (Wildman–Crippen LogP) is 1.72. The van der Waals surface area contributed by atoms with E-state index in [2.05, 4.69) is 4.98 Å². The van der Waals surface area contributed by atoms with E-state index in [-0.39, 0.29) is 5.91 Å². The van der Waals surface area contributed by atoms with Gasteiger partial charge in [0.05, 0.1) is 5.56 Å². The maximum atomic E-state index is 11.5. The molecule has 0 radical (unpaired) electrons. The molecule has 78 valence electrons. The molecule has 0 aliphatic carbocycles. The lowest BCUT2D eigenvalue weighted by molar-refractivity contribution is -0.118. The zero-order valence-corrected chi connectivity index (χ0v) is 8.90. The van der Waals surface area contributed by atoms with Crippen LogP contribution in [0.25, 0.3) is 0 Å². The van der Waals surface area contributed by atoms with Crippen LogP contribution in [0.2, 0.25) is 0 Å². The van der Waals surface area contributed by atoms with Crippen molar-refractivity contribution in [1.29, 1.82) is 5.26 Å². The number of pyridine rings is 1. The lowest BCUT2D eigenvalue weighted by Crippen LogP contribution is -2.26. The third-order valence-corrected chi connectivity index (χ3v) is 2.06. The molecule has 0 aliphatic rings. The van der Waals surface area contributed by atoms with Crippen LogP contribution >= 0.6 is 0 Å². The van der Waals surface area contributed by atoms with Crippen LogP contribution in [-0.2, 0) is 4.79 Å². The minimum Gasteiger partial charge on any atom is -0.300 e. The van der Waals surface area contributed by atoms with Gasteiger partial charge in [0.2, 0.25) is 5.91 Å². The number of carbonyl (C=O) groups is 1. The first-order valence-corrected chi connectivity index (χ1v) is 4.81. The van der Waals surface area contributed by atoms with Crippen LogP contribution in [0.1, 0.15) is 25.3 Å². The summed E-state index contributed by atoms with van der Waals surface area (Å²) in [6.45, 7) is 1.96. The van der Waals surface area contributed by atoms with Gasteiger partial charge in [-0.25, -0.2) is 4.98 Å². The molecular weight excluding hydrogens is 190 g/mol. The number of nitrogens with zero attached hydrogens (tertiary/aromatic N) is 3. The van der Waals surface area contributed by atoms with Crippen molar-refractivity contribution in [3.05, 3.63) is 23.9 Å². The number of aromatic nitrogens is 1. The summed E-state index contributed by atoms with van der Waals surface area (Å²) < 4.78 is 0. The summed E-state index contributed by atoms with van der Waals surface area (Å²) in [4.78, 5) is 17.1. The Bertz CT molecular complexity index is 378.